The normalized spacial score (nSPS) is 16.6. The van der Waals surface area contributed by atoms with Crippen LogP contribution >= 0.6 is 0 Å². The van der Waals surface area contributed by atoms with Gasteiger partial charge in [-0.05, 0) is 38.8 Å². The van der Waals surface area contributed by atoms with Crippen LogP contribution in [0.25, 0.3) is 21.9 Å². The first-order valence-electron chi connectivity index (χ1n) is 8.19. The summed E-state index contributed by atoms with van der Waals surface area (Å²) in [7, 11) is 1.63. The molecule has 5 heteroatoms. The van der Waals surface area contributed by atoms with E-state index in [0.29, 0.717) is 11.3 Å². The maximum atomic E-state index is 11.2. The molecular formula is C19H19NO4. The first-order valence-corrected chi connectivity index (χ1v) is 8.19. The Hall–Kier alpha value is -2.52. The molecular weight excluding hydrogens is 306 g/mol. The highest BCUT2D eigenvalue weighted by molar-refractivity contribution is 6.05. The van der Waals surface area contributed by atoms with E-state index in [1.807, 2.05) is 26.0 Å². The van der Waals surface area contributed by atoms with E-state index in [2.05, 4.69) is 4.99 Å². The van der Waals surface area contributed by atoms with Gasteiger partial charge in [0.05, 0.1) is 12.5 Å². The van der Waals surface area contributed by atoms with Crippen LogP contribution in [-0.4, -0.2) is 13.2 Å². The van der Waals surface area contributed by atoms with Crippen molar-refractivity contribution in [2.24, 2.45) is 4.99 Å². The van der Waals surface area contributed by atoms with Crippen molar-refractivity contribution in [1.82, 2.24) is 0 Å². The summed E-state index contributed by atoms with van der Waals surface area (Å²) in [5.41, 5.74) is 1.76. The summed E-state index contributed by atoms with van der Waals surface area (Å²) in [6.45, 7) is 3.81. The minimum atomic E-state index is -0.592. The number of methoxy groups -OCH3 is 1. The molecule has 0 atom stereocenters. The van der Waals surface area contributed by atoms with Gasteiger partial charge in [-0.25, -0.2) is 4.79 Å². The Kier molecular flexibility index (Phi) is 3.29. The van der Waals surface area contributed by atoms with E-state index >= 15 is 0 Å². The molecule has 2 heterocycles. The number of furan rings is 2. The Morgan fingerprint density at radius 3 is 2.33 bits per heavy atom. The lowest BCUT2D eigenvalue weighted by Gasteiger charge is -2.24. The third kappa shape index (κ3) is 1.95. The molecule has 0 N–H and O–H groups in total. The Morgan fingerprint density at radius 1 is 1.08 bits per heavy atom. The van der Waals surface area contributed by atoms with Crippen molar-refractivity contribution in [3.63, 3.8) is 0 Å². The molecule has 1 saturated carbocycles. The van der Waals surface area contributed by atoms with Gasteiger partial charge < -0.3 is 13.6 Å². The molecule has 1 aliphatic rings. The summed E-state index contributed by atoms with van der Waals surface area (Å²) >= 11 is 0. The number of hydrogen-bond donors (Lipinski definition) is 0. The minimum absolute atomic E-state index is 0.592. The molecule has 124 valence electrons. The largest absolute Gasteiger partial charge is 0.492 e. The zero-order valence-electron chi connectivity index (χ0n) is 14.1. The van der Waals surface area contributed by atoms with Gasteiger partial charge in [0, 0.05) is 10.9 Å². The average Bonchev–Trinajstić information content (AvgIpc) is 3.23. The molecule has 1 fully saturated rings. The summed E-state index contributed by atoms with van der Waals surface area (Å²) in [5.74, 6) is 2.24. The zero-order chi connectivity index (χ0) is 16.9. The molecule has 0 amide bonds. The monoisotopic (exact) mass is 325 g/mol. The lowest BCUT2D eigenvalue weighted by molar-refractivity contribution is 0.412. The van der Waals surface area contributed by atoms with Crippen molar-refractivity contribution in [2.75, 3.05) is 7.11 Å². The molecule has 0 spiro atoms. The van der Waals surface area contributed by atoms with Gasteiger partial charge in [-0.3, -0.25) is 0 Å². The summed E-state index contributed by atoms with van der Waals surface area (Å²) in [6, 6.07) is 3.92. The number of carbonyl (C=O) groups excluding carboxylic acids is 1. The van der Waals surface area contributed by atoms with Crippen molar-refractivity contribution in [1.29, 1.82) is 0 Å². The fourth-order valence-electron chi connectivity index (χ4n) is 4.11. The first kappa shape index (κ1) is 15.0. The Labute approximate surface area is 139 Å². The van der Waals surface area contributed by atoms with Crippen LogP contribution in [0.5, 0.6) is 5.75 Å². The highest BCUT2D eigenvalue weighted by atomic mass is 16.5. The van der Waals surface area contributed by atoms with Gasteiger partial charge in [-0.2, -0.15) is 4.99 Å². The molecule has 0 bridgehead atoms. The van der Waals surface area contributed by atoms with Crippen LogP contribution in [0.1, 0.15) is 42.8 Å². The summed E-state index contributed by atoms with van der Waals surface area (Å²) in [4.78, 5) is 15.4. The van der Waals surface area contributed by atoms with E-state index in [9.17, 15) is 4.79 Å². The molecule has 0 radical (unpaired) electrons. The van der Waals surface area contributed by atoms with E-state index in [1.165, 1.54) is 0 Å². The summed E-state index contributed by atoms with van der Waals surface area (Å²) in [6.07, 6.45) is 5.46. The quantitative estimate of drug-likeness (QED) is 0.507. The van der Waals surface area contributed by atoms with Crippen LogP contribution in [0.3, 0.4) is 0 Å². The van der Waals surface area contributed by atoms with Gasteiger partial charge in [0.15, 0.2) is 11.3 Å². The maximum absolute atomic E-state index is 11.2. The molecule has 2 aromatic heterocycles. The SMILES string of the molecule is COc1c2cc(C)oc2c(C2(N=C=O)CCCC2)c2cc(C)oc12. The predicted molar refractivity (Wildman–Crippen MR) is 90.3 cm³/mol. The van der Waals surface area contributed by atoms with Gasteiger partial charge in [0.25, 0.3) is 0 Å². The third-order valence-electron chi connectivity index (χ3n) is 5.02. The lowest BCUT2D eigenvalue weighted by atomic mass is 9.85. The number of fused-ring (bicyclic) bond motifs is 2. The van der Waals surface area contributed by atoms with E-state index < -0.39 is 5.54 Å². The first-order chi connectivity index (χ1) is 11.6. The van der Waals surface area contributed by atoms with Crippen molar-refractivity contribution < 1.29 is 18.4 Å². The Bertz CT molecular complexity index is 924. The maximum Gasteiger partial charge on any atom is 0.235 e. The van der Waals surface area contributed by atoms with Crippen LogP contribution in [0.15, 0.2) is 26.0 Å². The van der Waals surface area contributed by atoms with Gasteiger partial charge in [0.2, 0.25) is 6.08 Å². The Morgan fingerprint density at radius 2 is 1.71 bits per heavy atom. The number of hydrogen-bond acceptors (Lipinski definition) is 5. The van der Waals surface area contributed by atoms with Crippen molar-refractivity contribution >= 4 is 28.0 Å². The van der Waals surface area contributed by atoms with Crippen LogP contribution in [0, 0.1) is 13.8 Å². The van der Waals surface area contributed by atoms with Crippen LogP contribution in [0.4, 0.5) is 0 Å². The number of isocyanates is 1. The molecule has 0 aliphatic heterocycles. The van der Waals surface area contributed by atoms with Crippen LogP contribution in [-0.2, 0) is 10.3 Å². The zero-order valence-corrected chi connectivity index (χ0v) is 14.1. The van der Waals surface area contributed by atoms with E-state index in [4.69, 9.17) is 13.6 Å². The number of nitrogens with zero attached hydrogens (tertiary/aromatic N) is 1. The van der Waals surface area contributed by atoms with Crippen LogP contribution in [0.2, 0.25) is 0 Å². The van der Waals surface area contributed by atoms with Crippen molar-refractivity contribution in [2.45, 2.75) is 45.1 Å². The highest BCUT2D eigenvalue weighted by Gasteiger charge is 2.41. The lowest BCUT2D eigenvalue weighted by Crippen LogP contribution is -2.19. The third-order valence-corrected chi connectivity index (χ3v) is 5.02. The number of aliphatic imine (C=N–C) groups is 1. The highest BCUT2D eigenvalue weighted by Crippen LogP contribution is 2.51. The molecule has 1 aromatic carbocycles. The fraction of sp³-hybridized carbons (Fsp3) is 0.421. The molecule has 0 unspecified atom stereocenters. The second-order valence-electron chi connectivity index (χ2n) is 6.55. The van der Waals surface area contributed by atoms with E-state index in [1.54, 1.807) is 13.2 Å². The molecule has 4 rings (SSSR count). The van der Waals surface area contributed by atoms with E-state index in [0.717, 1.165) is 59.1 Å². The number of ether oxygens (including phenoxy) is 1. The minimum Gasteiger partial charge on any atom is -0.492 e. The molecule has 24 heavy (non-hydrogen) atoms. The fourth-order valence-corrected chi connectivity index (χ4v) is 4.11. The topological polar surface area (TPSA) is 64.9 Å². The molecule has 1 aliphatic carbocycles. The predicted octanol–water partition coefficient (Wildman–Crippen LogP) is 4.91. The smallest absolute Gasteiger partial charge is 0.235 e. The van der Waals surface area contributed by atoms with Gasteiger partial charge >= 0.3 is 0 Å². The molecule has 3 aromatic rings. The summed E-state index contributed by atoms with van der Waals surface area (Å²) < 4.78 is 17.6. The number of benzene rings is 1. The summed E-state index contributed by atoms with van der Waals surface area (Å²) in [5, 5.41) is 1.77. The van der Waals surface area contributed by atoms with Crippen molar-refractivity contribution in [3.05, 3.63) is 29.2 Å². The van der Waals surface area contributed by atoms with Crippen LogP contribution < -0.4 is 4.74 Å². The van der Waals surface area contributed by atoms with Gasteiger partial charge in [-0.15, -0.1) is 0 Å². The second kappa shape index (κ2) is 5.25. The van der Waals surface area contributed by atoms with Crippen molar-refractivity contribution in [3.8, 4) is 5.75 Å². The standard InChI is InChI=1S/C19H19NO4/c1-11-8-13-15(19(20-10-21)6-4-5-7-19)16-14(9-12(2)23-16)17(22-3)18(13)24-11/h8-9H,4-7H2,1-3H3. The van der Waals surface area contributed by atoms with E-state index in [-0.39, 0.29) is 0 Å². The van der Waals surface area contributed by atoms with Gasteiger partial charge in [0.1, 0.15) is 22.6 Å². The molecule has 0 saturated heterocycles. The molecule has 5 nitrogen and oxygen atoms in total. The number of aryl methyl sites for hydroxylation is 2. The number of rotatable bonds is 3. The van der Waals surface area contributed by atoms with Gasteiger partial charge in [-0.1, -0.05) is 12.8 Å². The average molecular weight is 325 g/mol. The Balaban J connectivity index is 2.22. The second-order valence-corrected chi connectivity index (χ2v) is 6.55.